The molecule has 3 heteroatoms. The van der Waals surface area contributed by atoms with E-state index in [1.807, 2.05) is 13.8 Å². The van der Waals surface area contributed by atoms with E-state index in [4.69, 9.17) is 5.73 Å². The molecule has 2 aromatic rings. The van der Waals surface area contributed by atoms with E-state index in [-0.39, 0.29) is 5.82 Å². The molecule has 2 N–H and O–H groups in total. The maximum atomic E-state index is 13.0. The Morgan fingerprint density at radius 2 is 1.88 bits per heavy atom. The summed E-state index contributed by atoms with van der Waals surface area (Å²) in [4.78, 5) is 4.07. The van der Waals surface area contributed by atoms with Crippen molar-refractivity contribution < 1.29 is 4.39 Å². The fraction of sp³-hybridized carbons (Fsp3) is 0.154. The van der Waals surface area contributed by atoms with Crippen molar-refractivity contribution in [1.82, 2.24) is 4.98 Å². The second kappa shape index (κ2) is 3.93. The van der Waals surface area contributed by atoms with Gasteiger partial charge in [0.2, 0.25) is 0 Å². The number of hydrogen-bond acceptors (Lipinski definition) is 2. The summed E-state index contributed by atoms with van der Waals surface area (Å²) in [6, 6.07) is 4.72. The number of rotatable bonds is 1. The third-order valence-corrected chi connectivity index (χ3v) is 2.73. The molecule has 0 amide bonds. The minimum atomic E-state index is -0.226. The fourth-order valence-electron chi connectivity index (χ4n) is 1.74. The first-order valence-electron chi connectivity index (χ1n) is 5.06. The second-order valence-electron chi connectivity index (χ2n) is 3.86. The van der Waals surface area contributed by atoms with E-state index in [1.54, 1.807) is 18.5 Å². The van der Waals surface area contributed by atoms with Gasteiger partial charge in [-0.25, -0.2) is 4.39 Å². The average molecular weight is 216 g/mol. The first-order valence-corrected chi connectivity index (χ1v) is 5.06. The van der Waals surface area contributed by atoms with Crippen LogP contribution in [0, 0.1) is 19.7 Å². The summed E-state index contributed by atoms with van der Waals surface area (Å²) in [5, 5.41) is 0. The normalized spacial score (nSPS) is 10.4. The van der Waals surface area contributed by atoms with E-state index in [0.717, 1.165) is 22.3 Å². The van der Waals surface area contributed by atoms with Crippen molar-refractivity contribution in [3.8, 4) is 11.1 Å². The lowest BCUT2D eigenvalue weighted by Gasteiger charge is -2.10. The van der Waals surface area contributed by atoms with Gasteiger partial charge in [0.15, 0.2) is 0 Å². The maximum absolute atomic E-state index is 13.0. The van der Waals surface area contributed by atoms with Crippen molar-refractivity contribution in [2.24, 2.45) is 0 Å². The quantitative estimate of drug-likeness (QED) is 0.795. The van der Waals surface area contributed by atoms with Crippen LogP contribution in [0.25, 0.3) is 11.1 Å². The van der Waals surface area contributed by atoms with Gasteiger partial charge in [0.1, 0.15) is 5.82 Å². The van der Waals surface area contributed by atoms with Gasteiger partial charge in [-0.15, -0.1) is 0 Å². The molecule has 0 aliphatic heterocycles. The number of pyridine rings is 1. The Balaban J connectivity index is 2.63. The lowest BCUT2D eigenvalue weighted by atomic mass is 9.98. The second-order valence-corrected chi connectivity index (χ2v) is 3.86. The summed E-state index contributed by atoms with van der Waals surface area (Å²) in [6.07, 6.45) is 3.38. The Labute approximate surface area is 93.9 Å². The number of benzene rings is 1. The largest absolute Gasteiger partial charge is 0.397 e. The SMILES string of the molecule is Cc1cc(F)ccc1-c1cncc(N)c1C. The van der Waals surface area contributed by atoms with Crippen LogP contribution in [0.15, 0.2) is 30.6 Å². The minimum Gasteiger partial charge on any atom is -0.397 e. The molecule has 0 fully saturated rings. The van der Waals surface area contributed by atoms with E-state index in [9.17, 15) is 4.39 Å². The number of halogens is 1. The molecule has 0 radical (unpaired) electrons. The zero-order valence-corrected chi connectivity index (χ0v) is 9.29. The van der Waals surface area contributed by atoms with Crippen LogP contribution in [-0.4, -0.2) is 4.98 Å². The summed E-state index contributed by atoms with van der Waals surface area (Å²) in [5.41, 5.74) is 10.2. The number of anilines is 1. The predicted octanol–water partition coefficient (Wildman–Crippen LogP) is 3.09. The van der Waals surface area contributed by atoms with Gasteiger partial charge < -0.3 is 5.73 Å². The molecule has 1 heterocycles. The number of aryl methyl sites for hydroxylation is 1. The van der Waals surface area contributed by atoms with Crippen molar-refractivity contribution in [3.05, 3.63) is 47.5 Å². The summed E-state index contributed by atoms with van der Waals surface area (Å²) in [5.74, 6) is -0.226. The number of nitrogens with two attached hydrogens (primary N) is 1. The van der Waals surface area contributed by atoms with Crippen LogP contribution in [0.2, 0.25) is 0 Å². The highest BCUT2D eigenvalue weighted by Crippen LogP contribution is 2.28. The van der Waals surface area contributed by atoms with Crippen LogP contribution in [-0.2, 0) is 0 Å². The lowest BCUT2D eigenvalue weighted by Crippen LogP contribution is -1.95. The molecule has 0 bridgehead atoms. The van der Waals surface area contributed by atoms with Gasteiger partial charge in [-0.3, -0.25) is 4.98 Å². The molecule has 16 heavy (non-hydrogen) atoms. The van der Waals surface area contributed by atoms with Crippen molar-refractivity contribution in [1.29, 1.82) is 0 Å². The molecule has 0 atom stereocenters. The number of nitrogen functional groups attached to an aromatic ring is 1. The molecule has 0 spiro atoms. The first kappa shape index (κ1) is 10.6. The van der Waals surface area contributed by atoms with Crippen LogP contribution in [0.1, 0.15) is 11.1 Å². The van der Waals surface area contributed by atoms with Crippen molar-refractivity contribution in [2.45, 2.75) is 13.8 Å². The highest BCUT2D eigenvalue weighted by Gasteiger charge is 2.08. The van der Waals surface area contributed by atoms with Gasteiger partial charge in [0, 0.05) is 11.8 Å². The van der Waals surface area contributed by atoms with Gasteiger partial charge >= 0.3 is 0 Å². The maximum Gasteiger partial charge on any atom is 0.123 e. The number of hydrogen-bond donors (Lipinski definition) is 1. The average Bonchev–Trinajstić information content (AvgIpc) is 2.23. The zero-order valence-electron chi connectivity index (χ0n) is 9.29. The fourth-order valence-corrected chi connectivity index (χ4v) is 1.74. The van der Waals surface area contributed by atoms with Crippen molar-refractivity contribution in [3.63, 3.8) is 0 Å². The standard InChI is InChI=1S/C13H13FN2/c1-8-5-10(14)3-4-11(8)12-6-16-7-13(15)9(12)2/h3-7H,15H2,1-2H3. The Kier molecular flexibility index (Phi) is 2.60. The summed E-state index contributed by atoms with van der Waals surface area (Å²) in [6.45, 7) is 3.82. The molecule has 0 aliphatic rings. The molecular weight excluding hydrogens is 203 g/mol. The third-order valence-electron chi connectivity index (χ3n) is 2.73. The molecule has 1 aromatic carbocycles. The smallest absolute Gasteiger partial charge is 0.123 e. The number of nitrogens with zero attached hydrogens (tertiary/aromatic N) is 1. The van der Waals surface area contributed by atoms with Gasteiger partial charge in [-0.2, -0.15) is 0 Å². The number of aromatic nitrogens is 1. The Hall–Kier alpha value is -1.90. The monoisotopic (exact) mass is 216 g/mol. The molecule has 1 aromatic heterocycles. The highest BCUT2D eigenvalue weighted by molar-refractivity contribution is 5.73. The predicted molar refractivity (Wildman–Crippen MR) is 63.5 cm³/mol. The zero-order chi connectivity index (χ0) is 11.7. The molecule has 0 aliphatic carbocycles. The van der Waals surface area contributed by atoms with Crippen molar-refractivity contribution >= 4 is 5.69 Å². The van der Waals surface area contributed by atoms with Crippen LogP contribution in [0.3, 0.4) is 0 Å². The van der Waals surface area contributed by atoms with Crippen LogP contribution < -0.4 is 5.73 Å². The molecule has 2 nitrogen and oxygen atoms in total. The summed E-state index contributed by atoms with van der Waals surface area (Å²) in [7, 11) is 0. The molecule has 82 valence electrons. The van der Waals surface area contributed by atoms with E-state index in [2.05, 4.69) is 4.98 Å². The molecule has 0 unspecified atom stereocenters. The van der Waals surface area contributed by atoms with Crippen molar-refractivity contribution in [2.75, 3.05) is 5.73 Å². The topological polar surface area (TPSA) is 38.9 Å². The van der Waals surface area contributed by atoms with Crippen LogP contribution in [0.4, 0.5) is 10.1 Å². The molecule has 2 rings (SSSR count). The summed E-state index contributed by atoms with van der Waals surface area (Å²) >= 11 is 0. The molecule has 0 saturated carbocycles. The Morgan fingerprint density at radius 3 is 2.56 bits per heavy atom. The van der Waals surface area contributed by atoms with Gasteiger partial charge in [-0.05, 0) is 42.7 Å². The van der Waals surface area contributed by atoms with E-state index >= 15 is 0 Å². The van der Waals surface area contributed by atoms with Crippen LogP contribution >= 0.6 is 0 Å². The minimum absolute atomic E-state index is 0.226. The summed E-state index contributed by atoms with van der Waals surface area (Å²) < 4.78 is 13.0. The lowest BCUT2D eigenvalue weighted by molar-refractivity contribution is 0.627. The van der Waals surface area contributed by atoms with Gasteiger partial charge in [-0.1, -0.05) is 6.07 Å². The Morgan fingerprint density at radius 1 is 1.12 bits per heavy atom. The van der Waals surface area contributed by atoms with E-state index in [1.165, 1.54) is 12.1 Å². The van der Waals surface area contributed by atoms with E-state index < -0.39 is 0 Å². The van der Waals surface area contributed by atoms with Crippen LogP contribution in [0.5, 0.6) is 0 Å². The van der Waals surface area contributed by atoms with E-state index in [0.29, 0.717) is 5.69 Å². The molecular formula is C13H13FN2. The first-order chi connectivity index (χ1) is 7.59. The highest BCUT2D eigenvalue weighted by atomic mass is 19.1. The Bertz CT molecular complexity index is 535. The third kappa shape index (κ3) is 1.76. The molecule has 0 saturated heterocycles. The van der Waals surface area contributed by atoms with Gasteiger partial charge in [0.25, 0.3) is 0 Å². The van der Waals surface area contributed by atoms with Gasteiger partial charge in [0.05, 0.1) is 11.9 Å².